The van der Waals surface area contributed by atoms with Crippen molar-refractivity contribution in [2.75, 3.05) is 13.1 Å². The summed E-state index contributed by atoms with van der Waals surface area (Å²) in [6, 6.07) is 20.6. The predicted octanol–water partition coefficient (Wildman–Crippen LogP) is 5.44. The van der Waals surface area contributed by atoms with Gasteiger partial charge < -0.3 is 10.2 Å². The summed E-state index contributed by atoms with van der Waals surface area (Å²) in [7, 11) is -3.49. The van der Waals surface area contributed by atoms with Crippen LogP contribution in [0.4, 0.5) is 0 Å². The third kappa shape index (κ3) is 7.63. The summed E-state index contributed by atoms with van der Waals surface area (Å²) >= 11 is 12.2. The van der Waals surface area contributed by atoms with Crippen molar-refractivity contribution < 1.29 is 18.0 Å². The molecule has 0 spiro atoms. The summed E-state index contributed by atoms with van der Waals surface area (Å²) in [6.07, 6.45) is 2.35. The number of aryl methyl sites for hydroxylation is 1. The fourth-order valence-electron chi connectivity index (χ4n) is 4.66. The highest BCUT2D eigenvalue weighted by Crippen LogP contribution is 2.23. The Bertz CT molecular complexity index is 1430. The van der Waals surface area contributed by atoms with Crippen LogP contribution < -0.4 is 5.32 Å². The number of benzene rings is 3. The van der Waals surface area contributed by atoms with Crippen LogP contribution in [-0.2, 0) is 39.1 Å². The van der Waals surface area contributed by atoms with Gasteiger partial charge in [-0.05, 0) is 67.1 Å². The first kappa shape index (κ1) is 30.1. The number of carbonyl (C=O) groups is 2. The highest BCUT2D eigenvalue weighted by molar-refractivity contribution is 7.89. The second kappa shape index (κ2) is 13.6. The van der Waals surface area contributed by atoms with E-state index in [4.69, 9.17) is 23.2 Å². The van der Waals surface area contributed by atoms with E-state index < -0.39 is 16.1 Å². The number of sulfonamides is 1. The van der Waals surface area contributed by atoms with Gasteiger partial charge >= 0.3 is 0 Å². The van der Waals surface area contributed by atoms with E-state index in [2.05, 4.69) is 5.32 Å². The maximum atomic E-state index is 13.4. The second-order valence-corrected chi connectivity index (χ2v) is 12.7. The van der Waals surface area contributed by atoms with Crippen LogP contribution in [0.2, 0.25) is 10.0 Å². The van der Waals surface area contributed by atoms with Crippen molar-refractivity contribution in [3.05, 3.63) is 99.5 Å². The molecule has 0 saturated carbocycles. The van der Waals surface area contributed by atoms with Crippen molar-refractivity contribution in [3.63, 3.8) is 0 Å². The average molecular weight is 603 g/mol. The largest absolute Gasteiger partial charge is 0.350 e. The van der Waals surface area contributed by atoms with Gasteiger partial charge in [0.15, 0.2) is 0 Å². The van der Waals surface area contributed by atoms with Gasteiger partial charge in [0.05, 0.1) is 4.90 Å². The van der Waals surface area contributed by atoms with Crippen LogP contribution in [0.1, 0.15) is 42.9 Å². The topological polar surface area (TPSA) is 86.8 Å². The number of halogens is 2. The fourth-order valence-corrected chi connectivity index (χ4v) is 6.65. The summed E-state index contributed by atoms with van der Waals surface area (Å²) in [6.45, 7) is 3.29. The monoisotopic (exact) mass is 601 g/mol. The van der Waals surface area contributed by atoms with Gasteiger partial charge in [-0.2, -0.15) is 4.31 Å². The maximum absolute atomic E-state index is 13.4. The van der Waals surface area contributed by atoms with E-state index in [0.717, 1.165) is 29.5 Å². The molecular formula is C30H33Cl2N3O4S. The molecule has 1 fully saturated rings. The Morgan fingerprint density at radius 2 is 1.62 bits per heavy atom. The molecule has 0 aliphatic carbocycles. The van der Waals surface area contributed by atoms with Crippen molar-refractivity contribution in [3.8, 4) is 0 Å². The van der Waals surface area contributed by atoms with Crippen LogP contribution in [0.3, 0.4) is 0 Å². The fraction of sp³-hybridized carbons (Fsp3) is 0.333. The first-order chi connectivity index (χ1) is 19.1. The Balaban J connectivity index is 1.41. The Morgan fingerprint density at radius 3 is 2.27 bits per heavy atom. The van der Waals surface area contributed by atoms with Gasteiger partial charge in [0, 0.05) is 42.6 Å². The molecule has 0 aromatic heterocycles. The minimum absolute atomic E-state index is 0.172. The van der Waals surface area contributed by atoms with E-state index in [9.17, 15) is 18.0 Å². The molecule has 3 aromatic rings. The molecule has 7 nitrogen and oxygen atoms in total. The number of hydrogen-bond donors (Lipinski definition) is 1. The molecule has 40 heavy (non-hydrogen) atoms. The van der Waals surface area contributed by atoms with E-state index in [-0.39, 0.29) is 36.2 Å². The van der Waals surface area contributed by atoms with E-state index in [1.54, 1.807) is 54.3 Å². The molecule has 212 valence electrons. The zero-order chi connectivity index (χ0) is 28.7. The highest BCUT2D eigenvalue weighted by atomic mass is 35.5. The van der Waals surface area contributed by atoms with Crippen LogP contribution in [0.25, 0.3) is 0 Å². The van der Waals surface area contributed by atoms with Gasteiger partial charge in [-0.25, -0.2) is 8.42 Å². The Kier molecular flexibility index (Phi) is 10.2. The highest BCUT2D eigenvalue weighted by Gasteiger charge is 2.28. The quantitative estimate of drug-likeness (QED) is 0.317. The molecular weight excluding hydrogens is 569 g/mol. The van der Waals surface area contributed by atoms with E-state index in [1.165, 1.54) is 4.31 Å². The SMILES string of the molecule is C[C@H](C(=O)NCc1ccc(Cl)cc1Cl)N(Cc1ccccc1)C(=O)CCc1ccc(S(=O)(=O)N2CCCC2)cc1. The molecule has 1 N–H and O–H groups in total. The zero-order valence-electron chi connectivity index (χ0n) is 22.4. The van der Waals surface area contributed by atoms with Crippen LogP contribution in [0.5, 0.6) is 0 Å². The minimum Gasteiger partial charge on any atom is -0.350 e. The average Bonchev–Trinajstić information content (AvgIpc) is 3.51. The molecule has 1 heterocycles. The lowest BCUT2D eigenvalue weighted by atomic mass is 10.1. The number of amides is 2. The molecule has 4 rings (SSSR count). The Labute approximate surface area is 246 Å². The van der Waals surface area contributed by atoms with Gasteiger partial charge in [-0.15, -0.1) is 0 Å². The van der Waals surface area contributed by atoms with Crippen molar-refractivity contribution in [2.45, 2.75) is 56.6 Å². The lowest BCUT2D eigenvalue weighted by molar-refractivity contribution is -0.140. The third-order valence-electron chi connectivity index (χ3n) is 7.08. The minimum atomic E-state index is -3.49. The summed E-state index contributed by atoms with van der Waals surface area (Å²) in [4.78, 5) is 28.4. The van der Waals surface area contributed by atoms with E-state index in [0.29, 0.717) is 29.6 Å². The second-order valence-electron chi connectivity index (χ2n) is 9.89. The number of hydrogen-bond acceptors (Lipinski definition) is 4. The molecule has 3 aromatic carbocycles. The van der Waals surface area contributed by atoms with Crippen LogP contribution in [-0.4, -0.2) is 48.6 Å². The number of rotatable bonds is 11. The molecule has 0 radical (unpaired) electrons. The van der Waals surface area contributed by atoms with Crippen LogP contribution in [0, 0.1) is 0 Å². The molecule has 2 amide bonds. The molecule has 1 aliphatic heterocycles. The number of carbonyl (C=O) groups excluding carboxylic acids is 2. The lowest BCUT2D eigenvalue weighted by Crippen LogP contribution is -2.47. The normalized spacial score (nSPS) is 14.6. The van der Waals surface area contributed by atoms with E-state index >= 15 is 0 Å². The van der Waals surface area contributed by atoms with Crippen molar-refractivity contribution in [1.82, 2.24) is 14.5 Å². The van der Waals surface area contributed by atoms with Gasteiger partial charge in [-0.3, -0.25) is 9.59 Å². The first-order valence-corrected chi connectivity index (χ1v) is 15.5. The van der Waals surface area contributed by atoms with Gasteiger partial charge in [0.2, 0.25) is 21.8 Å². The predicted molar refractivity (Wildman–Crippen MR) is 158 cm³/mol. The smallest absolute Gasteiger partial charge is 0.243 e. The van der Waals surface area contributed by atoms with Gasteiger partial charge in [-0.1, -0.05) is 71.7 Å². The molecule has 1 atom stereocenters. The standard InChI is InChI=1S/C30H33Cl2N3O4S/c1-22(30(37)33-20-25-12-13-26(31)19-28(25)32)35(21-24-7-3-2-4-8-24)29(36)16-11-23-9-14-27(15-10-23)40(38,39)34-17-5-6-18-34/h2-4,7-10,12-15,19,22H,5-6,11,16-18,20-21H2,1H3,(H,33,37)/t22-/m1/s1. The molecule has 0 bridgehead atoms. The molecule has 0 unspecified atom stereocenters. The molecule has 1 saturated heterocycles. The maximum Gasteiger partial charge on any atom is 0.243 e. The van der Waals surface area contributed by atoms with Crippen LogP contribution in [0.15, 0.2) is 77.7 Å². The number of nitrogens with one attached hydrogen (secondary N) is 1. The summed E-state index contributed by atoms with van der Waals surface area (Å²) in [5.41, 5.74) is 2.48. The Morgan fingerprint density at radius 1 is 0.950 bits per heavy atom. The molecule has 10 heteroatoms. The van der Waals surface area contributed by atoms with Gasteiger partial charge in [0.1, 0.15) is 6.04 Å². The first-order valence-electron chi connectivity index (χ1n) is 13.3. The number of nitrogens with zero attached hydrogens (tertiary/aromatic N) is 2. The molecule has 1 aliphatic rings. The lowest BCUT2D eigenvalue weighted by Gasteiger charge is -2.29. The summed E-state index contributed by atoms with van der Waals surface area (Å²) in [5.74, 6) is -0.475. The Hall–Kier alpha value is -2.91. The van der Waals surface area contributed by atoms with Crippen molar-refractivity contribution in [2.24, 2.45) is 0 Å². The van der Waals surface area contributed by atoms with E-state index in [1.807, 2.05) is 30.3 Å². The summed E-state index contributed by atoms with van der Waals surface area (Å²) in [5, 5.41) is 3.84. The summed E-state index contributed by atoms with van der Waals surface area (Å²) < 4.78 is 27.1. The van der Waals surface area contributed by atoms with Gasteiger partial charge in [0.25, 0.3) is 0 Å². The third-order valence-corrected chi connectivity index (χ3v) is 9.58. The zero-order valence-corrected chi connectivity index (χ0v) is 24.7. The van der Waals surface area contributed by atoms with Crippen LogP contribution >= 0.6 is 23.2 Å². The van der Waals surface area contributed by atoms with Crippen molar-refractivity contribution >= 4 is 45.0 Å². The van der Waals surface area contributed by atoms with Crippen molar-refractivity contribution in [1.29, 1.82) is 0 Å².